The number of benzene rings is 2. The van der Waals surface area contributed by atoms with Gasteiger partial charge in [-0.15, -0.1) is 0 Å². The first-order chi connectivity index (χ1) is 14.1. The van der Waals surface area contributed by atoms with Crippen LogP contribution in [0.1, 0.15) is 24.2 Å². The van der Waals surface area contributed by atoms with Crippen molar-refractivity contribution >= 4 is 33.5 Å². The molecule has 2 aromatic rings. The molecule has 2 aromatic carbocycles. The third-order valence-corrected chi connectivity index (χ3v) is 4.95. The van der Waals surface area contributed by atoms with E-state index in [9.17, 15) is 22.8 Å². The molecule has 2 amide bonds. The van der Waals surface area contributed by atoms with E-state index >= 15 is 0 Å². The Balaban J connectivity index is 1.95. The summed E-state index contributed by atoms with van der Waals surface area (Å²) in [5.41, 5.74) is 0.573. The van der Waals surface area contributed by atoms with Gasteiger partial charge in [-0.05, 0) is 36.2 Å². The third-order valence-electron chi connectivity index (χ3n) is 4.04. The minimum atomic E-state index is -3.92. The monoisotopic (exact) mass is 433 g/mol. The third kappa shape index (κ3) is 6.68. The standard InChI is InChI=1S/C20H23N3O6S/c1-13(2)18(23-19(25)14-7-4-3-5-8-14)20(26)29-12-17(24)22-15-9-6-10-16(11-15)30(21,27)28/h3-11,13,18H,12H2,1-2H3,(H,22,24)(H,23,25)(H2,21,27,28)/t18-/m0/s1. The molecule has 0 heterocycles. The van der Waals surface area contributed by atoms with Gasteiger partial charge in [0.2, 0.25) is 10.0 Å². The van der Waals surface area contributed by atoms with Gasteiger partial charge in [0.1, 0.15) is 6.04 Å². The van der Waals surface area contributed by atoms with Crippen molar-refractivity contribution < 1.29 is 27.5 Å². The first-order valence-corrected chi connectivity index (χ1v) is 10.6. The number of sulfonamides is 1. The van der Waals surface area contributed by atoms with Gasteiger partial charge in [0.15, 0.2) is 6.61 Å². The molecule has 4 N–H and O–H groups in total. The summed E-state index contributed by atoms with van der Waals surface area (Å²) >= 11 is 0. The quantitative estimate of drug-likeness (QED) is 0.535. The van der Waals surface area contributed by atoms with E-state index in [1.54, 1.807) is 44.2 Å². The molecule has 0 saturated carbocycles. The number of amides is 2. The number of rotatable bonds is 8. The molecule has 0 aliphatic rings. The summed E-state index contributed by atoms with van der Waals surface area (Å²) in [5, 5.41) is 10.1. The van der Waals surface area contributed by atoms with Crippen molar-refractivity contribution in [3.05, 3.63) is 60.2 Å². The molecule has 9 nitrogen and oxygen atoms in total. The fourth-order valence-electron chi connectivity index (χ4n) is 2.49. The summed E-state index contributed by atoms with van der Waals surface area (Å²) in [6.45, 7) is 2.86. The van der Waals surface area contributed by atoms with Crippen LogP contribution in [0.25, 0.3) is 0 Å². The summed E-state index contributed by atoms with van der Waals surface area (Å²) < 4.78 is 27.8. The van der Waals surface area contributed by atoms with Crippen LogP contribution in [-0.2, 0) is 24.3 Å². The lowest BCUT2D eigenvalue weighted by Crippen LogP contribution is -2.45. The highest BCUT2D eigenvalue weighted by Crippen LogP contribution is 2.14. The van der Waals surface area contributed by atoms with Crippen molar-refractivity contribution in [2.24, 2.45) is 11.1 Å². The van der Waals surface area contributed by atoms with E-state index in [-0.39, 0.29) is 16.5 Å². The first-order valence-electron chi connectivity index (χ1n) is 9.03. The van der Waals surface area contributed by atoms with Crippen molar-refractivity contribution in [1.29, 1.82) is 0 Å². The lowest BCUT2D eigenvalue weighted by atomic mass is 10.0. The zero-order valence-corrected chi connectivity index (χ0v) is 17.3. The van der Waals surface area contributed by atoms with Crippen molar-refractivity contribution in [3.8, 4) is 0 Å². The maximum absolute atomic E-state index is 12.4. The highest BCUT2D eigenvalue weighted by Gasteiger charge is 2.26. The molecule has 0 unspecified atom stereocenters. The molecule has 0 aliphatic carbocycles. The van der Waals surface area contributed by atoms with E-state index in [0.717, 1.165) is 0 Å². The van der Waals surface area contributed by atoms with E-state index in [1.165, 1.54) is 24.3 Å². The second-order valence-electron chi connectivity index (χ2n) is 6.79. The number of carbonyl (C=O) groups excluding carboxylic acids is 3. The summed E-state index contributed by atoms with van der Waals surface area (Å²) in [6.07, 6.45) is 0. The van der Waals surface area contributed by atoms with Gasteiger partial charge in [-0.25, -0.2) is 18.4 Å². The van der Waals surface area contributed by atoms with Crippen LogP contribution in [-0.4, -0.2) is 38.9 Å². The number of ether oxygens (including phenoxy) is 1. The van der Waals surface area contributed by atoms with Gasteiger partial charge in [-0.1, -0.05) is 38.1 Å². The Kier molecular flexibility index (Phi) is 7.67. The maximum atomic E-state index is 12.4. The number of hydrogen-bond acceptors (Lipinski definition) is 6. The summed E-state index contributed by atoms with van der Waals surface area (Å²) in [5.74, 6) is -2.15. The van der Waals surface area contributed by atoms with E-state index in [1.807, 2.05) is 0 Å². The van der Waals surface area contributed by atoms with Gasteiger partial charge in [-0.3, -0.25) is 9.59 Å². The number of primary sulfonamides is 1. The van der Waals surface area contributed by atoms with Gasteiger partial charge < -0.3 is 15.4 Å². The van der Waals surface area contributed by atoms with E-state index < -0.39 is 40.5 Å². The molecular formula is C20H23N3O6S. The maximum Gasteiger partial charge on any atom is 0.329 e. The fraction of sp³-hybridized carbons (Fsp3) is 0.250. The molecular weight excluding hydrogens is 410 g/mol. The first kappa shape index (κ1) is 23.0. The van der Waals surface area contributed by atoms with E-state index in [2.05, 4.69) is 10.6 Å². The molecule has 0 saturated heterocycles. The summed E-state index contributed by atoms with van der Waals surface area (Å²) in [7, 11) is -3.92. The van der Waals surface area contributed by atoms with Crippen LogP contribution in [0.5, 0.6) is 0 Å². The summed E-state index contributed by atoms with van der Waals surface area (Å²) in [6, 6.07) is 12.8. The highest BCUT2D eigenvalue weighted by molar-refractivity contribution is 7.89. The van der Waals surface area contributed by atoms with Gasteiger partial charge >= 0.3 is 5.97 Å². The Morgan fingerprint density at radius 3 is 2.30 bits per heavy atom. The lowest BCUT2D eigenvalue weighted by Gasteiger charge is -2.20. The Morgan fingerprint density at radius 1 is 1.03 bits per heavy atom. The molecule has 160 valence electrons. The van der Waals surface area contributed by atoms with Crippen LogP contribution in [0.2, 0.25) is 0 Å². The Morgan fingerprint density at radius 2 is 1.70 bits per heavy atom. The van der Waals surface area contributed by atoms with Crippen LogP contribution in [0.15, 0.2) is 59.5 Å². The number of carbonyl (C=O) groups is 3. The van der Waals surface area contributed by atoms with Crippen LogP contribution in [0, 0.1) is 5.92 Å². The Labute approximate surface area is 174 Å². The van der Waals surface area contributed by atoms with Crippen molar-refractivity contribution in [3.63, 3.8) is 0 Å². The van der Waals surface area contributed by atoms with E-state index in [4.69, 9.17) is 9.88 Å². The average Bonchev–Trinajstić information content (AvgIpc) is 2.70. The van der Waals surface area contributed by atoms with Crippen LogP contribution in [0.4, 0.5) is 5.69 Å². The van der Waals surface area contributed by atoms with Crippen LogP contribution < -0.4 is 15.8 Å². The highest BCUT2D eigenvalue weighted by atomic mass is 32.2. The molecule has 0 bridgehead atoms. The molecule has 0 aliphatic heterocycles. The van der Waals surface area contributed by atoms with Gasteiger partial charge in [-0.2, -0.15) is 0 Å². The largest absolute Gasteiger partial charge is 0.454 e. The molecule has 0 radical (unpaired) electrons. The van der Waals surface area contributed by atoms with Crippen molar-refractivity contribution in [2.45, 2.75) is 24.8 Å². The molecule has 0 aromatic heterocycles. The molecule has 10 heteroatoms. The predicted octanol–water partition coefficient (Wildman–Crippen LogP) is 1.27. The minimum Gasteiger partial charge on any atom is -0.454 e. The molecule has 0 spiro atoms. The van der Waals surface area contributed by atoms with Gasteiger partial charge in [0.25, 0.3) is 11.8 Å². The second-order valence-corrected chi connectivity index (χ2v) is 8.35. The van der Waals surface area contributed by atoms with Crippen molar-refractivity contribution in [1.82, 2.24) is 5.32 Å². The molecule has 1 atom stereocenters. The topological polar surface area (TPSA) is 145 Å². The normalized spacial score (nSPS) is 12.1. The van der Waals surface area contributed by atoms with Gasteiger partial charge in [0.05, 0.1) is 4.90 Å². The predicted molar refractivity (Wildman–Crippen MR) is 110 cm³/mol. The lowest BCUT2D eigenvalue weighted by molar-refractivity contribution is -0.150. The number of nitrogens with two attached hydrogens (primary N) is 1. The molecule has 2 rings (SSSR count). The average molecular weight is 433 g/mol. The van der Waals surface area contributed by atoms with Gasteiger partial charge in [0, 0.05) is 11.3 Å². The van der Waals surface area contributed by atoms with Crippen LogP contribution in [0.3, 0.4) is 0 Å². The minimum absolute atomic E-state index is 0.166. The number of anilines is 1. The number of esters is 1. The second kappa shape index (κ2) is 9.99. The van der Waals surface area contributed by atoms with E-state index in [0.29, 0.717) is 5.56 Å². The molecule has 30 heavy (non-hydrogen) atoms. The zero-order chi connectivity index (χ0) is 22.3. The summed E-state index contributed by atoms with van der Waals surface area (Å²) in [4.78, 5) is 36.6. The SMILES string of the molecule is CC(C)[C@H](NC(=O)c1ccccc1)C(=O)OCC(=O)Nc1cccc(S(N)(=O)=O)c1. The number of hydrogen-bond donors (Lipinski definition) is 3. The van der Waals surface area contributed by atoms with Crippen molar-refractivity contribution in [2.75, 3.05) is 11.9 Å². The Hall–Kier alpha value is -3.24. The molecule has 0 fully saturated rings. The van der Waals surface area contributed by atoms with Crippen LogP contribution >= 0.6 is 0 Å². The Bertz CT molecular complexity index is 1020. The fourth-order valence-corrected chi connectivity index (χ4v) is 3.05. The smallest absolute Gasteiger partial charge is 0.329 e. The zero-order valence-electron chi connectivity index (χ0n) is 16.5. The number of nitrogens with one attached hydrogen (secondary N) is 2.